The molecule has 4 rings (SSSR count). The van der Waals surface area contributed by atoms with Gasteiger partial charge < -0.3 is 13.7 Å². The molecule has 0 atom stereocenters. The molecular formula is C23H24N2O3S. The number of aryl methyl sites for hydroxylation is 1. The minimum atomic E-state index is -0.388. The first-order chi connectivity index (χ1) is 14.0. The molecule has 2 aromatic carbocycles. The highest BCUT2D eigenvalue weighted by Crippen LogP contribution is 2.29. The lowest BCUT2D eigenvalue weighted by Crippen LogP contribution is -2.15. The minimum absolute atomic E-state index is 0.218. The minimum Gasteiger partial charge on any atom is -0.490 e. The molecule has 29 heavy (non-hydrogen) atoms. The van der Waals surface area contributed by atoms with Crippen LogP contribution >= 0.6 is 11.3 Å². The van der Waals surface area contributed by atoms with E-state index in [1.54, 1.807) is 6.07 Å². The zero-order valence-corrected chi connectivity index (χ0v) is 17.9. The summed E-state index contributed by atoms with van der Waals surface area (Å²) in [7, 11) is 0. The highest BCUT2D eigenvalue weighted by atomic mass is 32.1. The van der Waals surface area contributed by atoms with Gasteiger partial charge >= 0.3 is 5.91 Å². The molecule has 0 saturated heterocycles. The Morgan fingerprint density at radius 2 is 2.03 bits per heavy atom. The molecule has 2 heterocycles. The molecule has 0 fully saturated rings. The summed E-state index contributed by atoms with van der Waals surface area (Å²) < 4.78 is 14.6. The second-order valence-corrected chi connectivity index (χ2v) is 8.15. The van der Waals surface area contributed by atoms with Gasteiger partial charge in [-0.1, -0.05) is 43.4 Å². The summed E-state index contributed by atoms with van der Waals surface area (Å²) in [5.41, 5.74) is 2.95. The SMILES string of the molecule is CCOc1cccc2cc(C(=O)N=c3sc4cc(C(C)C)ccc4n3CC)oc12. The molecule has 0 aliphatic rings. The van der Waals surface area contributed by atoms with Crippen LogP contribution in [0, 0.1) is 0 Å². The number of benzene rings is 2. The molecule has 0 spiro atoms. The Hall–Kier alpha value is -2.86. The summed E-state index contributed by atoms with van der Waals surface area (Å²) >= 11 is 1.53. The van der Waals surface area contributed by atoms with Crippen LogP contribution in [0.5, 0.6) is 5.75 Å². The van der Waals surface area contributed by atoms with Crippen LogP contribution < -0.4 is 9.54 Å². The van der Waals surface area contributed by atoms with E-state index in [4.69, 9.17) is 9.15 Å². The molecular weight excluding hydrogens is 384 g/mol. The zero-order chi connectivity index (χ0) is 20.5. The van der Waals surface area contributed by atoms with Crippen LogP contribution in [0.4, 0.5) is 0 Å². The number of ether oxygens (including phenoxy) is 1. The maximum absolute atomic E-state index is 12.9. The van der Waals surface area contributed by atoms with E-state index < -0.39 is 0 Å². The number of furan rings is 1. The van der Waals surface area contributed by atoms with Gasteiger partial charge in [0.2, 0.25) is 0 Å². The van der Waals surface area contributed by atoms with Crippen molar-refractivity contribution in [1.82, 2.24) is 4.57 Å². The van der Waals surface area contributed by atoms with Gasteiger partial charge in [-0.25, -0.2) is 0 Å². The number of aromatic nitrogens is 1. The average molecular weight is 409 g/mol. The summed E-state index contributed by atoms with van der Waals surface area (Å²) in [6.45, 7) is 9.59. The number of rotatable bonds is 5. The third kappa shape index (κ3) is 3.60. The number of nitrogens with zero attached hydrogens (tertiary/aromatic N) is 2. The van der Waals surface area contributed by atoms with Crippen LogP contribution in [0.1, 0.15) is 49.7 Å². The lowest BCUT2D eigenvalue weighted by molar-refractivity contribution is 0.0973. The summed E-state index contributed by atoms with van der Waals surface area (Å²) in [6, 6.07) is 13.8. The van der Waals surface area contributed by atoms with Crippen molar-refractivity contribution >= 4 is 38.4 Å². The predicted octanol–water partition coefficient (Wildman–Crippen LogP) is 5.73. The fourth-order valence-electron chi connectivity index (χ4n) is 3.39. The third-order valence-corrected chi connectivity index (χ3v) is 5.95. The Morgan fingerprint density at radius 3 is 2.76 bits per heavy atom. The van der Waals surface area contributed by atoms with E-state index in [0.717, 1.165) is 22.1 Å². The van der Waals surface area contributed by atoms with E-state index in [9.17, 15) is 4.79 Å². The van der Waals surface area contributed by atoms with Crippen molar-refractivity contribution in [3.63, 3.8) is 0 Å². The van der Waals surface area contributed by atoms with Gasteiger partial charge in [0.05, 0.1) is 16.8 Å². The first-order valence-electron chi connectivity index (χ1n) is 9.89. The van der Waals surface area contributed by atoms with E-state index >= 15 is 0 Å². The molecule has 0 aliphatic carbocycles. The zero-order valence-electron chi connectivity index (χ0n) is 17.1. The van der Waals surface area contributed by atoms with Crippen LogP contribution in [-0.4, -0.2) is 17.1 Å². The number of para-hydroxylation sites is 1. The number of fused-ring (bicyclic) bond motifs is 2. The van der Waals surface area contributed by atoms with Crippen molar-refractivity contribution in [1.29, 1.82) is 0 Å². The Bertz CT molecular complexity index is 1260. The molecule has 6 heteroatoms. The van der Waals surface area contributed by atoms with Crippen LogP contribution in [0.25, 0.3) is 21.2 Å². The van der Waals surface area contributed by atoms with Crippen molar-refractivity contribution in [2.45, 2.75) is 40.2 Å². The lowest BCUT2D eigenvalue weighted by atomic mass is 10.0. The molecule has 0 unspecified atom stereocenters. The van der Waals surface area contributed by atoms with Crippen molar-refractivity contribution in [2.24, 2.45) is 4.99 Å². The van der Waals surface area contributed by atoms with Gasteiger partial charge in [0.1, 0.15) is 0 Å². The first kappa shape index (κ1) is 19.5. The van der Waals surface area contributed by atoms with E-state index in [0.29, 0.717) is 28.7 Å². The fourth-order valence-corrected chi connectivity index (χ4v) is 4.53. The Labute approximate surface area is 173 Å². The maximum atomic E-state index is 12.9. The number of hydrogen-bond acceptors (Lipinski definition) is 4. The largest absolute Gasteiger partial charge is 0.490 e. The summed E-state index contributed by atoms with van der Waals surface area (Å²) in [5.74, 6) is 0.918. The monoisotopic (exact) mass is 408 g/mol. The van der Waals surface area contributed by atoms with Gasteiger partial charge in [-0.2, -0.15) is 4.99 Å². The number of carbonyl (C=O) groups excluding carboxylic acids is 1. The number of thiazole rings is 1. The molecule has 0 saturated carbocycles. The van der Waals surface area contributed by atoms with Crippen molar-refractivity contribution < 1.29 is 13.9 Å². The quantitative estimate of drug-likeness (QED) is 0.424. The standard InChI is InChI=1S/C23H24N2O3S/c1-5-25-17-11-10-15(14(3)4)13-20(17)29-23(25)24-22(26)19-12-16-8-7-9-18(27-6-2)21(16)28-19/h7-14H,5-6H2,1-4H3. The molecule has 2 aromatic heterocycles. The van der Waals surface area contributed by atoms with Crippen molar-refractivity contribution in [2.75, 3.05) is 6.61 Å². The fraction of sp³-hybridized carbons (Fsp3) is 0.304. The van der Waals surface area contributed by atoms with E-state index in [2.05, 4.69) is 48.5 Å². The predicted molar refractivity (Wildman–Crippen MR) is 117 cm³/mol. The van der Waals surface area contributed by atoms with Crippen LogP contribution in [0.3, 0.4) is 0 Å². The summed E-state index contributed by atoms with van der Waals surface area (Å²) in [6.07, 6.45) is 0. The van der Waals surface area contributed by atoms with E-state index in [1.807, 2.05) is 25.1 Å². The number of hydrogen-bond donors (Lipinski definition) is 0. The van der Waals surface area contributed by atoms with Gasteiger partial charge in [0.25, 0.3) is 0 Å². The molecule has 5 nitrogen and oxygen atoms in total. The number of carbonyl (C=O) groups is 1. The average Bonchev–Trinajstić information content (AvgIpc) is 3.29. The van der Waals surface area contributed by atoms with Gasteiger partial charge in [-0.3, -0.25) is 4.79 Å². The van der Waals surface area contributed by atoms with Gasteiger partial charge in [-0.15, -0.1) is 0 Å². The number of amides is 1. The first-order valence-corrected chi connectivity index (χ1v) is 10.7. The van der Waals surface area contributed by atoms with Gasteiger partial charge in [0.15, 0.2) is 21.9 Å². The molecule has 150 valence electrons. The topological polar surface area (TPSA) is 56.7 Å². The molecule has 0 bridgehead atoms. The smallest absolute Gasteiger partial charge is 0.315 e. The Balaban J connectivity index is 1.79. The Kier molecular flexibility index (Phi) is 5.28. The van der Waals surface area contributed by atoms with E-state index in [-0.39, 0.29) is 11.7 Å². The van der Waals surface area contributed by atoms with Crippen LogP contribution in [0.2, 0.25) is 0 Å². The van der Waals surface area contributed by atoms with Crippen molar-refractivity contribution in [3.05, 3.63) is 58.6 Å². The van der Waals surface area contributed by atoms with Gasteiger partial charge in [0, 0.05) is 11.9 Å². The second-order valence-electron chi connectivity index (χ2n) is 7.15. The highest BCUT2D eigenvalue weighted by molar-refractivity contribution is 7.16. The highest BCUT2D eigenvalue weighted by Gasteiger charge is 2.16. The molecule has 0 N–H and O–H groups in total. The van der Waals surface area contributed by atoms with Crippen LogP contribution in [0.15, 0.2) is 51.9 Å². The van der Waals surface area contributed by atoms with Crippen LogP contribution in [-0.2, 0) is 6.54 Å². The third-order valence-electron chi connectivity index (χ3n) is 4.91. The Morgan fingerprint density at radius 1 is 1.21 bits per heavy atom. The molecule has 1 amide bonds. The van der Waals surface area contributed by atoms with Gasteiger partial charge in [-0.05, 0) is 49.6 Å². The molecule has 4 aromatic rings. The second kappa shape index (κ2) is 7.87. The summed E-state index contributed by atoms with van der Waals surface area (Å²) in [4.78, 5) is 17.9. The molecule has 0 radical (unpaired) electrons. The normalized spacial score (nSPS) is 12.4. The molecule has 0 aliphatic heterocycles. The lowest BCUT2D eigenvalue weighted by Gasteiger charge is -2.05. The maximum Gasteiger partial charge on any atom is 0.315 e. The van der Waals surface area contributed by atoms with Crippen molar-refractivity contribution in [3.8, 4) is 5.75 Å². The summed E-state index contributed by atoms with van der Waals surface area (Å²) in [5, 5.41) is 0.829. The van der Waals surface area contributed by atoms with E-state index in [1.165, 1.54) is 16.9 Å².